The zero-order valence-corrected chi connectivity index (χ0v) is 39.7. The zero-order chi connectivity index (χ0) is 48.5. The normalized spacial score (nSPS) is 12.6. The summed E-state index contributed by atoms with van der Waals surface area (Å²) >= 11 is 0. The Bertz CT molecular complexity index is 2250. The molecule has 67 heavy (non-hydrogen) atoms. The van der Waals surface area contributed by atoms with Gasteiger partial charge < -0.3 is 46.1 Å². The maximum Gasteiger partial charge on any atom is 1.00 e. The molecule has 0 spiro atoms. The maximum absolute atomic E-state index is 13.9. The fourth-order valence-corrected chi connectivity index (χ4v) is 6.38. The molecule has 4 aromatic rings. The quantitative estimate of drug-likeness (QED) is 0.0469. The van der Waals surface area contributed by atoms with Crippen molar-refractivity contribution in [3.8, 4) is 0 Å². The van der Waals surface area contributed by atoms with Crippen molar-refractivity contribution in [2.75, 3.05) is 7.11 Å². The summed E-state index contributed by atoms with van der Waals surface area (Å²) in [5.74, 6) is -3.62. The number of esters is 1. The largest absolute Gasteiger partial charge is 1.00 e. The summed E-state index contributed by atoms with van der Waals surface area (Å²) in [4.78, 5) is 74.0. The van der Waals surface area contributed by atoms with Gasteiger partial charge in [-0.3, -0.25) is 9.59 Å². The third-order valence-corrected chi connectivity index (χ3v) is 9.29. The zero-order valence-electron chi connectivity index (χ0n) is 39.7. The predicted molar refractivity (Wildman–Crippen MR) is 242 cm³/mol. The van der Waals surface area contributed by atoms with E-state index in [0.29, 0.717) is 18.4 Å². The maximum atomic E-state index is 13.9. The van der Waals surface area contributed by atoms with Crippen molar-refractivity contribution in [3.63, 3.8) is 0 Å². The van der Waals surface area contributed by atoms with Gasteiger partial charge in [-0.15, -0.1) is 0 Å². The van der Waals surface area contributed by atoms with Gasteiger partial charge in [0, 0.05) is 0 Å². The minimum absolute atomic E-state index is 0. The molecule has 0 aromatic heterocycles. The van der Waals surface area contributed by atoms with Gasteiger partial charge in [0.25, 0.3) is 0 Å². The van der Waals surface area contributed by atoms with Gasteiger partial charge in [-0.25, -0.2) is 28.0 Å². The van der Waals surface area contributed by atoms with Gasteiger partial charge in [0.1, 0.15) is 34.9 Å². The van der Waals surface area contributed by atoms with Crippen molar-refractivity contribution in [2.24, 2.45) is 0 Å². The number of methoxy groups -OCH3 is 1. The Morgan fingerprint density at radius 2 is 0.925 bits per heavy atom. The number of amides is 4. The Morgan fingerprint density at radius 3 is 1.22 bits per heavy atom. The summed E-state index contributed by atoms with van der Waals surface area (Å²) in [6, 6.07) is 20.7. The molecule has 6 N–H and O–H groups in total. The van der Waals surface area contributed by atoms with Crippen LogP contribution in [0.3, 0.4) is 0 Å². The van der Waals surface area contributed by atoms with Crippen LogP contribution in [-0.4, -0.2) is 64.8 Å². The van der Waals surface area contributed by atoms with Crippen molar-refractivity contribution >= 4 is 35.9 Å². The second kappa shape index (κ2) is 27.4. The number of carbonyl (C=O) groups is 6. The molecular formula is C49H61F2LiN4O11. The van der Waals surface area contributed by atoms with Crippen LogP contribution >= 0.6 is 0 Å². The van der Waals surface area contributed by atoms with Gasteiger partial charge in [0.2, 0.25) is 11.8 Å². The van der Waals surface area contributed by atoms with Gasteiger partial charge in [-0.05, 0) is 125 Å². The van der Waals surface area contributed by atoms with Gasteiger partial charge in [0.15, 0.2) is 0 Å². The SMILES string of the molecule is CCC[C@@H](NC(=O)C(NC(=O)OC(C)(C)C)c1cccc(F)c1)c1ccc(C(=O)O)cc1.CCC[C@@H](NC(=O)C(NC(=O)OC(C)(C)C)c1cccc(F)c1)c1ccc(C(=O)OC)cc1.[Li+].[OH-]. The van der Waals surface area contributed by atoms with Crippen molar-refractivity contribution in [3.05, 3.63) is 142 Å². The van der Waals surface area contributed by atoms with Crippen LogP contribution in [0.5, 0.6) is 0 Å². The topological polar surface area (TPSA) is 228 Å². The monoisotopic (exact) mass is 926 g/mol. The van der Waals surface area contributed by atoms with E-state index in [1.54, 1.807) is 90.1 Å². The summed E-state index contributed by atoms with van der Waals surface area (Å²) in [6.07, 6.45) is 1.12. The molecule has 0 aliphatic heterocycles. The van der Waals surface area contributed by atoms with Gasteiger partial charge in [-0.2, -0.15) is 0 Å². The van der Waals surface area contributed by atoms with E-state index >= 15 is 0 Å². The fourth-order valence-electron chi connectivity index (χ4n) is 6.38. The molecule has 2 unspecified atom stereocenters. The van der Waals surface area contributed by atoms with Crippen LogP contribution in [0.2, 0.25) is 0 Å². The molecule has 0 radical (unpaired) electrons. The van der Waals surface area contributed by atoms with Crippen molar-refractivity contribution in [2.45, 2.75) is 116 Å². The van der Waals surface area contributed by atoms with Crippen molar-refractivity contribution in [1.82, 2.24) is 21.3 Å². The molecule has 15 nitrogen and oxygen atoms in total. The van der Waals surface area contributed by atoms with Crippen LogP contribution in [0, 0.1) is 11.6 Å². The molecule has 0 saturated carbocycles. The van der Waals surface area contributed by atoms with E-state index in [0.717, 1.165) is 24.0 Å². The van der Waals surface area contributed by atoms with E-state index < -0.39 is 76.9 Å². The Kier molecular flexibility index (Phi) is 24.0. The Balaban J connectivity index is 0.000000651. The summed E-state index contributed by atoms with van der Waals surface area (Å²) in [7, 11) is 1.31. The number of nitrogens with one attached hydrogen (secondary N) is 4. The molecule has 0 aliphatic rings. The number of alkyl carbamates (subject to hydrolysis) is 2. The Hall–Kier alpha value is -6.28. The number of carboxylic acids is 1. The van der Waals surface area contributed by atoms with E-state index in [4.69, 9.17) is 19.3 Å². The minimum Gasteiger partial charge on any atom is -0.870 e. The Labute approximate surface area is 402 Å². The molecular weight excluding hydrogens is 865 g/mol. The summed E-state index contributed by atoms with van der Waals surface area (Å²) in [5.41, 5.74) is 1.06. The number of rotatable bonds is 16. The minimum atomic E-state index is -1.18. The van der Waals surface area contributed by atoms with E-state index in [9.17, 15) is 37.5 Å². The first-order chi connectivity index (χ1) is 30.5. The van der Waals surface area contributed by atoms with E-state index in [2.05, 4.69) is 21.3 Å². The number of ether oxygens (including phenoxy) is 3. The van der Waals surface area contributed by atoms with E-state index in [-0.39, 0.29) is 47.1 Å². The second-order valence-electron chi connectivity index (χ2n) is 17.0. The second-order valence-corrected chi connectivity index (χ2v) is 17.0. The molecule has 4 aromatic carbocycles. The van der Waals surface area contributed by atoms with Crippen molar-refractivity contribution in [1.29, 1.82) is 0 Å². The molecule has 0 heterocycles. The first kappa shape index (κ1) is 58.7. The number of benzene rings is 4. The molecule has 18 heteroatoms. The third-order valence-electron chi connectivity index (χ3n) is 9.29. The number of hydrogen-bond acceptors (Lipinski definition) is 10. The first-order valence-electron chi connectivity index (χ1n) is 21.2. The van der Waals surface area contributed by atoms with Crippen LogP contribution in [0.4, 0.5) is 18.4 Å². The van der Waals surface area contributed by atoms with Gasteiger partial charge in [0.05, 0.1) is 30.3 Å². The number of carbonyl (C=O) groups excluding carboxylic acids is 5. The van der Waals surface area contributed by atoms with Gasteiger partial charge in [-0.1, -0.05) is 75.2 Å². The smallest absolute Gasteiger partial charge is 0.870 e. The molecule has 0 saturated heterocycles. The van der Waals surface area contributed by atoms with Crippen LogP contribution in [0.25, 0.3) is 0 Å². The Morgan fingerprint density at radius 1 is 0.567 bits per heavy atom. The van der Waals surface area contributed by atoms with Crippen molar-refractivity contribution < 1.29 is 81.2 Å². The summed E-state index contributed by atoms with van der Waals surface area (Å²) in [5, 5.41) is 20.0. The molecule has 4 rings (SSSR count). The molecule has 0 fully saturated rings. The van der Waals surface area contributed by atoms with Crippen LogP contribution in [-0.2, 0) is 23.8 Å². The van der Waals surface area contributed by atoms with Crippen LogP contribution in [0.15, 0.2) is 97.1 Å². The molecule has 0 aliphatic carbocycles. The molecule has 4 amide bonds. The fraction of sp³-hybridized carbons (Fsp3) is 0.388. The number of carboxylic acid groups (broad SMARTS) is 1. The summed E-state index contributed by atoms with van der Waals surface area (Å²) < 4.78 is 43.0. The van der Waals surface area contributed by atoms with Crippen LogP contribution < -0.4 is 40.1 Å². The standard InChI is InChI=1S/C25H31FN2O5.C24H29FN2O5.Li.H2O/c1-6-8-20(16-11-13-17(14-12-16)23(30)32-5)27-22(29)21(18-9-7-10-19(26)15-18)28-24(31)33-25(2,3)4;1-5-7-19(15-10-12-16(13-11-15)22(29)30)26-21(28)20(17-8-6-9-18(25)14-17)27-23(31)32-24(2,3)4;;/h7,9-15,20-21H,6,8H2,1-5H3,(H,27,29)(H,28,31);6,8-14,19-20H,5,7H2,1-4H3,(H,26,28)(H,27,31)(H,29,30);;1H2/q;;+1;/p-1/t20-,21?;19-,20?;;/m11../s1. The van der Waals surface area contributed by atoms with E-state index in [1.807, 2.05) is 13.8 Å². The average molecular weight is 927 g/mol. The van der Waals surface area contributed by atoms with Gasteiger partial charge >= 0.3 is 43.0 Å². The molecule has 0 bridgehead atoms. The first-order valence-corrected chi connectivity index (χ1v) is 21.2. The number of aromatic carboxylic acids is 1. The molecule has 4 atom stereocenters. The van der Waals surface area contributed by atoms with E-state index in [1.165, 1.54) is 55.6 Å². The predicted octanol–water partition coefficient (Wildman–Crippen LogP) is 6.41. The third kappa shape index (κ3) is 20.0. The van der Waals surface area contributed by atoms with Crippen LogP contribution in [0.1, 0.15) is 148 Å². The summed E-state index contributed by atoms with van der Waals surface area (Å²) in [6.45, 7) is 14.1. The number of halogens is 2. The molecule has 358 valence electrons. The number of hydrogen-bond donors (Lipinski definition) is 5. The average Bonchev–Trinajstić information content (AvgIpc) is 3.23.